The molecule has 3 rings (SSSR count). The minimum Gasteiger partial charge on any atom is -0.469 e. The van der Waals surface area contributed by atoms with E-state index in [1.54, 1.807) is 11.3 Å². The number of carbonyl (C=O) groups excluding carboxylic acids is 1. The third-order valence-electron chi connectivity index (χ3n) is 3.55. The van der Waals surface area contributed by atoms with Crippen molar-refractivity contribution >= 4 is 22.4 Å². The number of benzene rings is 1. The lowest BCUT2D eigenvalue weighted by Crippen LogP contribution is -2.36. The van der Waals surface area contributed by atoms with Crippen molar-refractivity contribution in [3.8, 4) is 11.3 Å². The molecular formula is C16H18N2O3S. The van der Waals surface area contributed by atoms with E-state index in [-0.39, 0.29) is 12.4 Å². The molecule has 0 unspecified atom stereocenters. The fraction of sp³-hybridized carbons (Fsp3) is 0.375. The Labute approximate surface area is 133 Å². The number of methoxy groups -OCH3 is 1. The van der Waals surface area contributed by atoms with Gasteiger partial charge in [-0.25, -0.2) is 4.98 Å². The normalized spacial score (nSPS) is 14.9. The van der Waals surface area contributed by atoms with Crippen molar-refractivity contribution in [3.05, 3.63) is 35.2 Å². The molecule has 1 aliphatic rings. The lowest BCUT2D eigenvalue weighted by Gasteiger charge is -2.26. The molecule has 1 aromatic carbocycles. The summed E-state index contributed by atoms with van der Waals surface area (Å²) in [6.45, 7) is 3.10. The smallest absolute Gasteiger partial charge is 0.310 e. The zero-order chi connectivity index (χ0) is 15.4. The van der Waals surface area contributed by atoms with Crippen LogP contribution in [0.4, 0.5) is 5.13 Å². The summed E-state index contributed by atoms with van der Waals surface area (Å²) in [5.74, 6) is -0.241. The topological polar surface area (TPSA) is 51.7 Å². The Morgan fingerprint density at radius 1 is 1.32 bits per heavy atom. The van der Waals surface area contributed by atoms with E-state index in [9.17, 15) is 4.79 Å². The van der Waals surface area contributed by atoms with E-state index in [1.807, 2.05) is 30.3 Å². The van der Waals surface area contributed by atoms with Crippen LogP contribution in [-0.2, 0) is 20.7 Å². The van der Waals surface area contributed by atoms with Gasteiger partial charge in [-0.1, -0.05) is 30.3 Å². The summed E-state index contributed by atoms with van der Waals surface area (Å²) >= 11 is 1.56. The van der Waals surface area contributed by atoms with Crippen molar-refractivity contribution in [1.82, 2.24) is 4.98 Å². The average Bonchev–Trinajstić information content (AvgIpc) is 3.00. The lowest BCUT2D eigenvalue weighted by atomic mass is 10.1. The fourth-order valence-electron chi connectivity index (χ4n) is 2.37. The number of rotatable bonds is 4. The van der Waals surface area contributed by atoms with Crippen LogP contribution < -0.4 is 4.90 Å². The Morgan fingerprint density at radius 3 is 2.73 bits per heavy atom. The number of ether oxygens (including phenoxy) is 2. The Morgan fingerprint density at radius 2 is 2.05 bits per heavy atom. The largest absolute Gasteiger partial charge is 0.469 e. The van der Waals surface area contributed by atoms with Crippen LogP contribution in [0.2, 0.25) is 0 Å². The van der Waals surface area contributed by atoms with Crippen LogP contribution in [0.25, 0.3) is 11.3 Å². The number of anilines is 1. The van der Waals surface area contributed by atoms with Gasteiger partial charge in [0.2, 0.25) is 0 Å². The Balaban J connectivity index is 1.94. The number of carbonyl (C=O) groups is 1. The average molecular weight is 318 g/mol. The van der Waals surface area contributed by atoms with Crippen molar-refractivity contribution in [2.45, 2.75) is 6.42 Å². The lowest BCUT2D eigenvalue weighted by molar-refractivity contribution is -0.139. The number of esters is 1. The predicted molar refractivity (Wildman–Crippen MR) is 86.3 cm³/mol. The molecule has 1 aromatic heterocycles. The highest BCUT2D eigenvalue weighted by molar-refractivity contribution is 7.16. The SMILES string of the molecule is COC(=O)Cc1sc(N2CCOCC2)nc1-c1ccccc1. The van der Waals surface area contributed by atoms with Crippen LogP contribution in [-0.4, -0.2) is 44.4 Å². The highest BCUT2D eigenvalue weighted by Crippen LogP contribution is 2.34. The highest BCUT2D eigenvalue weighted by Gasteiger charge is 2.21. The molecule has 0 atom stereocenters. The molecule has 116 valence electrons. The Hall–Kier alpha value is -1.92. The van der Waals surface area contributed by atoms with Gasteiger partial charge in [-0.2, -0.15) is 0 Å². The quantitative estimate of drug-likeness (QED) is 0.810. The van der Waals surface area contributed by atoms with Crippen molar-refractivity contribution < 1.29 is 14.3 Å². The van der Waals surface area contributed by atoms with E-state index in [4.69, 9.17) is 14.5 Å². The monoisotopic (exact) mass is 318 g/mol. The maximum absolute atomic E-state index is 11.7. The van der Waals surface area contributed by atoms with Gasteiger partial charge in [0.15, 0.2) is 5.13 Å². The van der Waals surface area contributed by atoms with E-state index < -0.39 is 0 Å². The molecule has 0 spiro atoms. The first-order chi connectivity index (χ1) is 10.8. The first-order valence-electron chi connectivity index (χ1n) is 7.22. The zero-order valence-electron chi connectivity index (χ0n) is 12.4. The van der Waals surface area contributed by atoms with Crippen molar-refractivity contribution in [2.24, 2.45) is 0 Å². The molecular weight excluding hydrogens is 300 g/mol. The van der Waals surface area contributed by atoms with E-state index >= 15 is 0 Å². The molecule has 0 N–H and O–H groups in total. The van der Waals surface area contributed by atoms with Gasteiger partial charge in [0.1, 0.15) is 0 Å². The van der Waals surface area contributed by atoms with Crippen molar-refractivity contribution in [3.63, 3.8) is 0 Å². The van der Waals surface area contributed by atoms with Crippen LogP contribution in [0.15, 0.2) is 30.3 Å². The van der Waals surface area contributed by atoms with Crippen LogP contribution in [0.1, 0.15) is 4.88 Å². The van der Waals surface area contributed by atoms with Crippen LogP contribution in [0.5, 0.6) is 0 Å². The Kier molecular flexibility index (Phi) is 4.70. The molecule has 1 fully saturated rings. The van der Waals surface area contributed by atoms with Gasteiger partial charge in [-0.05, 0) is 0 Å². The molecule has 0 radical (unpaired) electrons. The summed E-state index contributed by atoms with van der Waals surface area (Å²) in [6, 6.07) is 9.95. The van der Waals surface area contributed by atoms with E-state index in [1.165, 1.54) is 7.11 Å². The summed E-state index contributed by atoms with van der Waals surface area (Å²) in [6.07, 6.45) is 0.253. The van der Waals surface area contributed by atoms with Crippen LogP contribution in [0.3, 0.4) is 0 Å². The first-order valence-corrected chi connectivity index (χ1v) is 8.04. The molecule has 22 heavy (non-hydrogen) atoms. The highest BCUT2D eigenvalue weighted by atomic mass is 32.1. The summed E-state index contributed by atoms with van der Waals surface area (Å²) in [4.78, 5) is 19.6. The molecule has 5 nitrogen and oxygen atoms in total. The molecule has 0 bridgehead atoms. The number of thiazole rings is 1. The summed E-state index contributed by atoms with van der Waals surface area (Å²) in [5, 5.41) is 0.945. The Bertz CT molecular complexity index is 636. The van der Waals surface area contributed by atoms with Crippen LogP contribution in [0, 0.1) is 0 Å². The first kappa shape index (κ1) is 15.0. The molecule has 6 heteroatoms. The van der Waals surface area contributed by atoms with Gasteiger partial charge >= 0.3 is 5.97 Å². The van der Waals surface area contributed by atoms with Crippen LogP contribution >= 0.6 is 11.3 Å². The summed E-state index contributed by atoms with van der Waals surface area (Å²) in [7, 11) is 1.41. The number of hydrogen-bond acceptors (Lipinski definition) is 6. The van der Waals surface area contributed by atoms with E-state index in [0.29, 0.717) is 13.2 Å². The van der Waals surface area contributed by atoms with Gasteiger partial charge in [-0.3, -0.25) is 4.79 Å². The molecule has 1 saturated heterocycles. The third-order valence-corrected chi connectivity index (χ3v) is 4.66. The number of hydrogen-bond donors (Lipinski definition) is 0. The molecule has 0 saturated carbocycles. The maximum Gasteiger partial charge on any atom is 0.310 e. The number of morpholine rings is 1. The molecule has 2 aromatic rings. The second-order valence-corrected chi connectivity index (χ2v) is 6.05. The number of aromatic nitrogens is 1. The third kappa shape index (κ3) is 3.28. The van der Waals surface area contributed by atoms with E-state index in [0.717, 1.165) is 34.4 Å². The zero-order valence-corrected chi connectivity index (χ0v) is 13.3. The van der Waals surface area contributed by atoms with Crippen molar-refractivity contribution in [2.75, 3.05) is 38.3 Å². The van der Waals surface area contributed by atoms with Gasteiger partial charge < -0.3 is 14.4 Å². The predicted octanol–water partition coefficient (Wildman–Crippen LogP) is 2.36. The van der Waals surface area contributed by atoms with Gasteiger partial charge in [-0.15, -0.1) is 11.3 Å². The summed E-state index contributed by atoms with van der Waals surface area (Å²) in [5.41, 5.74) is 1.90. The maximum atomic E-state index is 11.7. The van der Waals surface area contributed by atoms with Gasteiger partial charge in [0.25, 0.3) is 0 Å². The van der Waals surface area contributed by atoms with Gasteiger partial charge in [0.05, 0.1) is 32.4 Å². The standard InChI is InChI=1S/C16H18N2O3S/c1-20-14(19)11-13-15(12-5-3-2-4-6-12)17-16(22-13)18-7-9-21-10-8-18/h2-6H,7-11H2,1H3. The minimum absolute atomic E-state index is 0.241. The molecule has 1 aliphatic heterocycles. The van der Waals surface area contributed by atoms with Gasteiger partial charge in [0, 0.05) is 23.5 Å². The van der Waals surface area contributed by atoms with E-state index in [2.05, 4.69) is 4.90 Å². The summed E-state index contributed by atoms with van der Waals surface area (Å²) < 4.78 is 10.2. The fourth-order valence-corrected chi connectivity index (χ4v) is 3.49. The molecule has 0 amide bonds. The number of nitrogens with zero attached hydrogens (tertiary/aromatic N) is 2. The van der Waals surface area contributed by atoms with Crippen molar-refractivity contribution in [1.29, 1.82) is 0 Å². The molecule has 2 heterocycles. The minimum atomic E-state index is -0.241. The second-order valence-electron chi connectivity index (χ2n) is 4.99. The second kappa shape index (κ2) is 6.89. The molecule has 0 aliphatic carbocycles.